The maximum atomic E-state index is 12.4. The normalized spacial score (nSPS) is 12.3. The van der Waals surface area contributed by atoms with Crippen molar-refractivity contribution in [2.45, 2.75) is 53.0 Å². The molecule has 1 aromatic heterocycles. The molecule has 0 bridgehead atoms. The molecule has 0 spiro atoms. The van der Waals surface area contributed by atoms with Crippen LogP contribution in [0.5, 0.6) is 0 Å². The minimum atomic E-state index is -0.641. The number of hydrogen-bond acceptors (Lipinski definition) is 4. The Morgan fingerprint density at radius 2 is 1.83 bits per heavy atom. The van der Waals surface area contributed by atoms with E-state index in [-0.39, 0.29) is 42.1 Å². The lowest BCUT2D eigenvalue weighted by molar-refractivity contribution is -0.125. The largest absolute Gasteiger partial charge is 0.346 e. The van der Waals surface area contributed by atoms with Crippen molar-refractivity contribution >= 4 is 30.0 Å². The predicted octanol–water partition coefficient (Wildman–Crippen LogP) is 2.94. The number of halogens is 1. The van der Waals surface area contributed by atoms with Gasteiger partial charge in [-0.2, -0.15) is 5.10 Å². The molecular weight excluding hydrogens is 390 g/mol. The molecule has 160 valence electrons. The number of nitrogens with zero attached hydrogens (tertiary/aromatic N) is 2. The highest BCUT2D eigenvalue weighted by molar-refractivity contribution is 5.95. The molecule has 0 saturated carbocycles. The number of carbonyl (C=O) groups excluding carboxylic acids is 2. The van der Waals surface area contributed by atoms with Crippen LogP contribution in [0.25, 0.3) is 5.69 Å². The summed E-state index contributed by atoms with van der Waals surface area (Å²) in [5, 5.41) is 10.2. The van der Waals surface area contributed by atoms with E-state index in [9.17, 15) is 9.59 Å². The Labute approximate surface area is 178 Å². The molecule has 2 aromatic rings. The van der Waals surface area contributed by atoms with Gasteiger partial charge in [0.05, 0.1) is 24.0 Å². The number of rotatable bonds is 6. The molecule has 0 saturated heterocycles. The molecule has 1 atom stereocenters. The Morgan fingerprint density at radius 3 is 2.38 bits per heavy atom. The zero-order chi connectivity index (χ0) is 21.1. The molecule has 7 nitrogen and oxygen atoms in total. The van der Waals surface area contributed by atoms with E-state index in [0.29, 0.717) is 5.82 Å². The third-order valence-corrected chi connectivity index (χ3v) is 4.53. The topological polar surface area (TPSA) is 102 Å². The number of para-hydroxylation sites is 1. The van der Waals surface area contributed by atoms with E-state index in [0.717, 1.165) is 16.9 Å². The van der Waals surface area contributed by atoms with Gasteiger partial charge in [-0.3, -0.25) is 9.59 Å². The Morgan fingerprint density at radius 1 is 1.21 bits per heavy atom. The Hall–Kier alpha value is -2.38. The molecule has 1 heterocycles. The average Bonchev–Trinajstić information content (AvgIpc) is 3.03. The van der Waals surface area contributed by atoms with E-state index in [2.05, 4.69) is 31.4 Å². The molecule has 4 N–H and O–H groups in total. The van der Waals surface area contributed by atoms with E-state index < -0.39 is 6.04 Å². The van der Waals surface area contributed by atoms with Crippen molar-refractivity contribution < 1.29 is 9.59 Å². The smallest absolute Gasteiger partial charge is 0.244 e. The number of hydrogen-bond donors (Lipinski definition) is 3. The third kappa shape index (κ3) is 6.30. The number of carbonyl (C=O) groups is 2. The Balaban J connectivity index is 0.00000420. The fourth-order valence-corrected chi connectivity index (χ4v) is 2.60. The summed E-state index contributed by atoms with van der Waals surface area (Å²) in [6, 6.07) is 9.06. The van der Waals surface area contributed by atoms with Gasteiger partial charge in [-0.05, 0) is 24.5 Å². The maximum Gasteiger partial charge on any atom is 0.244 e. The zero-order valence-electron chi connectivity index (χ0n) is 17.9. The highest BCUT2D eigenvalue weighted by Gasteiger charge is 2.22. The molecule has 1 aromatic carbocycles. The van der Waals surface area contributed by atoms with Crippen LogP contribution in [0.4, 0.5) is 5.82 Å². The molecule has 0 radical (unpaired) electrons. The first-order chi connectivity index (χ1) is 13.0. The summed E-state index contributed by atoms with van der Waals surface area (Å²) in [4.78, 5) is 24.4. The van der Waals surface area contributed by atoms with E-state index in [1.165, 1.54) is 0 Å². The first kappa shape index (κ1) is 24.7. The van der Waals surface area contributed by atoms with Gasteiger partial charge >= 0.3 is 0 Å². The van der Waals surface area contributed by atoms with Gasteiger partial charge in [-0.25, -0.2) is 4.68 Å². The van der Waals surface area contributed by atoms with E-state index in [1.54, 1.807) is 4.68 Å². The van der Waals surface area contributed by atoms with Crippen molar-refractivity contribution in [1.82, 2.24) is 15.1 Å². The third-order valence-electron chi connectivity index (χ3n) is 4.53. The summed E-state index contributed by atoms with van der Waals surface area (Å²) in [6.07, 6.45) is 0. The van der Waals surface area contributed by atoms with Crippen LogP contribution in [0.1, 0.15) is 45.9 Å². The summed E-state index contributed by atoms with van der Waals surface area (Å²) >= 11 is 0. The highest BCUT2D eigenvalue weighted by Crippen LogP contribution is 2.27. The number of nitrogens with two attached hydrogens (primary N) is 1. The van der Waals surface area contributed by atoms with Crippen LogP contribution in [0.2, 0.25) is 0 Å². The van der Waals surface area contributed by atoms with Crippen molar-refractivity contribution in [3.63, 3.8) is 0 Å². The predicted molar refractivity (Wildman–Crippen MR) is 119 cm³/mol. The first-order valence-corrected chi connectivity index (χ1v) is 9.50. The average molecular weight is 422 g/mol. The van der Waals surface area contributed by atoms with Crippen LogP contribution in [0, 0.1) is 12.8 Å². The quantitative estimate of drug-likeness (QED) is 0.667. The van der Waals surface area contributed by atoms with Crippen molar-refractivity contribution in [2.24, 2.45) is 11.7 Å². The van der Waals surface area contributed by atoms with Gasteiger partial charge < -0.3 is 16.4 Å². The zero-order valence-corrected chi connectivity index (χ0v) is 18.8. The molecule has 0 aliphatic rings. The standard InChI is InChI=1S/C21H31N5O2.ClH/c1-13(2)19(22)20(28)23-12-18(27)24-17-11-16(21(4,5)6)25-26(17)15-10-8-7-9-14(15)3;/h7-11,13,19H,12,22H2,1-6H3,(H,23,28)(H,24,27);1H/t19-;/m0./s1. The van der Waals surface area contributed by atoms with Gasteiger partial charge in [-0.15, -0.1) is 12.4 Å². The number of aryl methyl sites for hydroxylation is 1. The van der Waals surface area contributed by atoms with Crippen LogP contribution < -0.4 is 16.4 Å². The lowest BCUT2D eigenvalue weighted by atomic mass is 9.92. The summed E-state index contributed by atoms with van der Waals surface area (Å²) in [5.41, 5.74) is 8.42. The molecule has 29 heavy (non-hydrogen) atoms. The van der Waals surface area contributed by atoms with Gasteiger partial charge in [0.25, 0.3) is 0 Å². The maximum absolute atomic E-state index is 12.4. The molecule has 0 unspecified atom stereocenters. The fraction of sp³-hybridized carbons (Fsp3) is 0.476. The molecule has 2 amide bonds. The van der Waals surface area contributed by atoms with Crippen LogP contribution in [0.15, 0.2) is 30.3 Å². The number of amides is 2. The van der Waals surface area contributed by atoms with Crippen molar-refractivity contribution in [1.29, 1.82) is 0 Å². The minimum absolute atomic E-state index is 0. The molecule has 0 aliphatic carbocycles. The van der Waals surface area contributed by atoms with E-state index >= 15 is 0 Å². The van der Waals surface area contributed by atoms with Crippen LogP contribution in [-0.2, 0) is 15.0 Å². The molecule has 0 fully saturated rings. The van der Waals surface area contributed by atoms with Gasteiger partial charge in [-0.1, -0.05) is 52.8 Å². The molecular formula is C21H32ClN5O2. The van der Waals surface area contributed by atoms with Crippen molar-refractivity contribution in [2.75, 3.05) is 11.9 Å². The lowest BCUT2D eigenvalue weighted by Crippen LogP contribution is -2.46. The number of aromatic nitrogens is 2. The number of anilines is 1. The Bertz CT molecular complexity index is 855. The molecule has 0 aliphatic heterocycles. The van der Waals surface area contributed by atoms with E-state index in [1.807, 2.05) is 51.1 Å². The van der Waals surface area contributed by atoms with Crippen LogP contribution in [-0.4, -0.2) is 34.2 Å². The summed E-state index contributed by atoms with van der Waals surface area (Å²) in [5.74, 6) is -0.112. The monoisotopic (exact) mass is 421 g/mol. The SMILES string of the molecule is Cc1ccccc1-n1nc(C(C)(C)C)cc1NC(=O)CNC(=O)[C@@H](N)C(C)C.Cl. The van der Waals surface area contributed by atoms with Crippen LogP contribution >= 0.6 is 12.4 Å². The van der Waals surface area contributed by atoms with Gasteiger partial charge in [0, 0.05) is 11.5 Å². The molecule has 2 rings (SSSR count). The number of nitrogens with one attached hydrogen (secondary N) is 2. The van der Waals surface area contributed by atoms with Crippen LogP contribution in [0.3, 0.4) is 0 Å². The number of benzene rings is 1. The minimum Gasteiger partial charge on any atom is -0.346 e. The van der Waals surface area contributed by atoms with Gasteiger partial charge in [0.1, 0.15) is 5.82 Å². The first-order valence-electron chi connectivity index (χ1n) is 9.50. The van der Waals surface area contributed by atoms with Gasteiger partial charge in [0.2, 0.25) is 11.8 Å². The van der Waals surface area contributed by atoms with Crippen molar-refractivity contribution in [3.8, 4) is 5.69 Å². The molecule has 8 heteroatoms. The summed E-state index contributed by atoms with van der Waals surface area (Å²) < 4.78 is 1.73. The second-order valence-electron chi connectivity index (χ2n) is 8.40. The van der Waals surface area contributed by atoms with Crippen molar-refractivity contribution in [3.05, 3.63) is 41.6 Å². The lowest BCUT2D eigenvalue weighted by Gasteiger charge is -2.15. The summed E-state index contributed by atoms with van der Waals surface area (Å²) in [7, 11) is 0. The van der Waals surface area contributed by atoms with E-state index in [4.69, 9.17) is 10.8 Å². The second-order valence-corrected chi connectivity index (χ2v) is 8.40. The summed E-state index contributed by atoms with van der Waals surface area (Å²) in [6.45, 7) is 11.8. The second kappa shape index (κ2) is 9.89. The Kier molecular flexibility index (Phi) is 8.41. The highest BCUT2D eigenvalue weighted by atomic mass is 35.5. The fourth-order valence-electron chi connectivity index (χ4n) is 2.60. The van der Waals surface area contributed by atoms with Gasteiger partial charge in [0.15, 0.2) is 0 Å².